The van der Waals surface area contributed by atoms with Gasteiger partial charge in [-0.1, -0.05) is 0 Å². The van der Waals surface area contributed by atoms with Crippen LogP contribution in [-0.4, -0.2) is 38.6 Å². The van der Waals surface area contributed by atoms with Crippen molar-refractivity contribution in [1.29, 1.82) is 0 Å². The first-order valence-corrected chi connectivity index (χ1v) is 8.39. The molecule has 0 radical (unpaired) electrons. The molecule has 4 N–H and O–H groups in total. The van der Waals surface area contributed by atoms with E-state index in [9.17, 15) is 9.59 Å². The average molecular weight is 302 g/mol. The van der Waals surface area contributed by atoms with E-state index in [2.05, 4.69) is 10.3 Å². The first kappa shape index (κ1) is 14.4. The van der Waals surface area contributed by atoms with Gasteiger partial charge in [-0.2, -0.15) is 23.5 Å². The van der Waals surface area contributed by atoms with Crippen molar-refractivity contribution >= 4 is 35.0 Å². The highest BCUT2D eigenvalue weighted by Gasteiger charge is 2.16. The Bertz CT molecular complexity index is 549. The van der Waals surface area contributed by atoms with Gasteiger partial charge in [0.25, 0.3) is 5.56 Å². The summed E-state index contributed by atoms with van der Waals surface area (Å²) in [7, 11) is 0. The second-order valence-electron chi connectivity index (χ2n) is 4.21. The van der Waals surface area contributed by atoms with Crippen molar-refractivity contribution in [2.75, 3.05) is 34.9 Å². The summed E-state index contributed by atoms with van der Waals surface area (Å²) in [6, 6.07) is 0. The number of nitrogens with two attached hydrogens (primary N) is 1. The van der Waals surface area contributed by atoms with Crippen LogP contribution in [0.15, 0.2) is 9.59 Å². The molecule has 2 heterocycles. The van der Waals surface area contributed by atoms with Crippen LogP contribution in [0.1, 0.15) is 6.92 Å². The molecule has 1 aliphatic heterocycles. The largest absolute Gasteiger partial charge is 0.383 e. The van der Waals surface area contributed by atoms with E-state index in [-0.39, 0.29) is 5.82 Å². The molecule has 1 aromatic heterocycles. The maximum absolute atomic E-state index is 11.8. The molecule has 1 fully saturated rings. The Morgan fingerprint density at radius 1 is 1.47 bits per heavy atom. The fourth-order valence-corrected chi connectivity index (χ4v) is 4.55. The van der Waals surface area contributed by atoms with Gasteiger partial charge < -0.3 is 11.1 Å². The third-order valence-electron chi connectivity index (χ3n) is 2.95. The van der Waals surface area contributed by atoms with Crippen LogP contribution in [0.5, 0.6) is 0 Å². The zero-order chi connectivity index (χ0) is 13.8. The number of rotatable bonds is 4. The Labute approximate surface area is 119 Å². The monoisotopic (exact) mass is 302 g/mol. The number of nitrogen functional groups attached to an aromatic ring is 1. The summed E-state index contributed by atoms with van der Waals surface area (Å²) in [5.74, 6) is 3.61. The van der Waals surface area contributed by atoms with Gasteiger partial charge in [0.2, 0.25) is 0 Å². The molecule has 1 atom stereocenters. The zero-order valence-corrected chi connectivity index (χ0v) is 12.4. The van der Waals surface area contributed by atoms with E-state index < -0.39 is 11.2 Å². The van der Waals surface area contributed by atoms with E-state index in [1.807, 2.05) is 30.4 Å². The molecule has 1 unspecified atom stereocenters. The molecule has 1 aliphatic rings. The standard InChI is InChI=1S/C11H18N4O2S2/c1-2-15-9(12)8(10(16)14-11(15)17)13-5-7-6-18-3-4-19-7/h7,13H,2-6,12H2,1H3,(H,14,16,17). The smallest absolute Gasteiger partial charge is 0.330 e. The molecule has 0 bridgehead atoms. The minimum Gasteiger partial charge on any atom is -0.383 e. The van der Waals surface area contributed by atoms with Gasteiger partial charge in [0.15, 0.2) is 0 Å². The molecule has 1 saturated heterocycles. The number of aromatic nitrogens is 2. The van der Waals surface area contributed by atoms with Crippen LogP contribution in [0.25, 0.3) is 0 Å². The second-order valence-corrected chi connectivity index (χ2v) is 6.77. The Kier molecular flexibility index (Phi) is 4.87. The molecule has 6 nitrogen and oxygen atoms in total. The molecular formula is C11H18N4O2S2. The fourth-order valence-electron chi connectivity index (χ4n) is 1.94. The minimum absolute atomic E-state index is 0.213. The summed E-state index contributed by atoms with van der Waals surface area (Å²) in [5.41, 5.74) is 5.28. The third kappa shape index (κ3) is 3.30. The first-order valence-electron chi connectivity index (χ1n) is 6.19. The number of nitrogens with zero attached hydrogens (tertiary/aromatic N) is 1. The van der Waals surface area contributed by atoms with E-state index in [4.69, 9.17) is 5.73 Å². The van der Waals surface area contributed by atoms with Gasteiger partial charge in [-0.25, -0.2) is 4.79 Å². The summed E-state index contributed by atoms with van der Waals surface area (Å²) in [6.45, 7) is 2.94. The molecule has 19 heavy (non-hydrogen) atoms. The predicted octanol–water partition coefficient (Wildman–Crippen LogP) is 0.399. The lowest BCUT2D eigenvalue weighted by atomic mass is 10.4. The average Bonchev–Trinajstić information content (AvgIpc) is 2.39. The zero-order valence-electron chi connectivity index (χ0n) is 10.8. The lowest BCUT2D eigenvalue weighted by Crippen LogP contribution is -2.35. The quantitative estimate of drug-likeness (QED) is 0.745. The highest BCUT2D eigenvalue weighted by Crippen LogP contribution is 2.24. The van der Waals surface area contributed by atoms with Gasteiger partial charge >= 0.3 is 5.69 Å². The van der Waals surface area contributed by atoms with Gasteiger partial charge in [-0.3, -0.25) is 14.3 Å². The minimum atomic E-state index is -0.460. The van der Waals surface area contributed by atoms with Crippen molar-refractivity contribution in [3.8, 4) is 0 Å². The normalized spacial score (nSPS) is 19.3. The van der Waals surface area contributed by atoms with Crippen LogP contribution < -0.4 is 22.3 Å². The molecule has 106 valence electrons. The van der Waals surface area contributed by atoms with E-state index in [0.29, 0.717) is 24.0 Å². The van der Waals surface area contributed by atoms with Crippen molar-refractivity contribution in [3.05, 3.63) is 20.8 Å². The summed E-state index contributed by atoms with van der Waals surface area (Å²) in [4.78, 5) is 25.6. The van der Waals surface area contributed by atoms with E-state index in [1.54, 1.807) is 0 Å². The number of nitrogens with one attached hydrogen (secondary N) is 2. The Morgan fingerprint density at radius 2 is 2.26 bits per heavy atom. The molecule has 0 spiro atoms. The van der Waals surface area contributed by atoms with Crippen LogP contribution >= 0.6 is 23.5 Å². The van der Waals surface area contributed by atoms with Crippen molar-refractivity contribution in [2.45, 2.75) is 18.7 Å². The van der Waals surface area contributed by atoms with Crippen molar-refractivity contribution < 1.29 is 0 Å². The SMILES string of the molecule is CCn1c(N)c(NCC2CSCCS2)c(=O)[nH]c1=O. The molecule has 0 amide bonds. The highest BCUT2D eigenvalue weighted by atomic mass is 32.2. The van der Waals surface area contributed by atoms with E-state index in [0.717, 1.165) is 11.5 Å². The number of H-pyrrole nitrogens is 1. The lowest BCUT2D eigenvalue weighted by molar-refractivity contribution is 0.706. The van der Waals surface area contributed by atoms with Crippen LogP contribution in [0.3, 0.4) is 0 Å². The molecule has 2 rings (SSSR count). The Morgan fingerprint density at radius 3 is 2.89 bits per heavy atom. The summed E-state index contributed by atoms with van der Waals surface area (Å²) in [5, 5.41) is 3.56. The Hall–Kier alpha value is -1.02. The molecular weight excluding hydrogens is 284 g/mol. The van der Waals surface area contributed by atoms with Gasteiger partial charge in [-0.15, -0.1) is 0 Å². The Balaban J connectivity index is 2.15. The maximum atomic E-state index is 11.8. The summed E-state index contributed by atoms with van der Waals surface area (Å²) >= 11 is 3.83. The predicted molar refractivity (Wildman–Crippen MR) is 83.5 cm³/mol. The molecule has 8 heteroatoms. The van der Waals surface area contributed by atoms with E-state index in [1.165, 1.54) is 10.3 Å². The van der Waals surface area contributed by atoms with Crippen LogP contribution in [0, 0.1) is 0 Å². The van der Waals surface area contributed by atoms with Crippen LogP contribution in [0.4, 0.5) is 11.5 Å². The number of anilines is 2. The number of hydrogen-bond acceptors (Lipinski definition) is 6. The molecule has 1 aromatic rings. The third-order valence-corrected chi connectivity index (χ3v) is 5.79. The van der Waals surface area contributed by atoms with Crippen LogP contribution in [-0.2, 0) is 6.54 Å². The van der Waals surface area contributed by atoms with Gasteiger partial charge in [0.05, 0.1) is 0 Å². The van der Waals surface area contributed by atoms with Gasteiger partial charge in [-0.05, 0) is 6.92 Å². The van der Waals surface area contributed by atoms with Crippen molar-refractivity contribution in [3.63, 3.8) is 0 Å². The fraction of sp³-hybridized carbons (Fsp3) is 0.636. The topological polar surface area (TPSA) is 92.9 Å². The number of aromatic amines is 1. The molecule has 0 saturated carbocycles. The number of hydrogen-bond donors (Lipinski definition) is 3. The van der Waals surface area contributed by atoms with E-state index >= 15 is 0 Å². The highest BCUT2D eigenvalue weighted by molar-refractivity contribution is 8.06. The summed E-state index contributed by atoms with van der Waals surface area (Å²) < 4.78 is 1.35. The maximum Gasteiger partial charge on any atom is 0.330 e. The van der Waals surface area contributed by atoms with Gasteiger partial charge in [0.1, 0.15) is 11.5 Å². The van der Waals surface area contributed by atoms with Crippen molar-refractivity contribution in [2.24, 2.45) is 0 Å². The molecule has 0 aromatic carbocycles. The second kappa shape index (κ2) is 6.42. The lowest BCUT2D eigenvalue weighted by Gasteiger charge is -2.22. The first-order chi connectivity index (χ1) is 9.13. The summed E-state index contributed by atoms with van der Waals surface area (Å²) in [6.07, 6.45) is 0. The number of thioether (sulfide) groups is 2. The van der Waals surface area contributed by atoms with Gasteiger partial charge in [0, 0.05) is 35.6 Å². The molecule has 0 aliphatic carbocycles. The van der Waals surface area contributed by atoms with Crippen LogP contribution in [0.2, 0.25) is 0 Å². The van der Waals surface area contributed by atoms with Crippen molar-refractivity contribution in [1.82, 2.24) is 9.55 Å².